The molecule has 0 radical (unpaired) electrons. The predicted octanol–water partition coefficient (Wildman–Crippen LogP) is 2.36. The van der Waals surface area contributed by atoms with Gasteiger partial charge in [-0.1, -0.05) is 25.0 Å². The zero-order valence-corrected chi connectivity index (χ0v) is 12.0. The van der Waals surface area contributed by atoms with E-state index in [4.69, 9.17) is 0 Å². The lowest BCUT2D eigenvalue weighted by molar-refractivity contribution is -0.121. The Kier molecular flexibility index (Phi) is 5.12. The fourth-order valence-corrected chi connectivity index (χ4v) is 3.02. The number of amides is 1. The van der Waals surface area contributed by atoms with Gasteiger partial charge in [0.15, 0.2) is 0 Å². The number of carbonyl (C=O) groups is 1. The fourth-order valence-electron chi connectivity index (χ4n) is 3.02. The summed E-state index contributed by atoms with van der Waals surface area (Å²) in [6.07, 6.45) is 4.96. The molecule has 1 aliphatic rings. The van der Waals surface area contributed by atoms with E-state index >= 15 is 0 Å². The van der Waals surface area contributed by atoms with Crippen LogP contribution < -0.4 is 10.6 Å². The van der Waals surface area contributed by atoms with Crippen molar-refractivity contribution in [2.45, 2.75) is 37.5 Å². The van der Waals surface area contributed by atoms with Gasteiger partial charge in [-0.05, 0) is 37.6 Å². The van der Waals surface area contributed by atoms with Crippen molar-refractivity contribution in [3.8, 4) is 0 Å². The molecule has 0 bridgehead atoms. The van der Waals surface area contributed by atoms with Crippen molar-refractivity contribution >= 4 is 5.91 Å². The van der Waals surface area contributed by atoms with Gasteiger partial charge in [-0.2, -0.15) is 0 Å². The standard InChI is InChI=1S/C16H23FN2O/c1-18-11-8-15(20)19-12-16(9-2-3-10-16)13-4-6-14(17)7-5-13/h4-7,18H,2-3,8-12H2,1H3,(H,19,20). The molecule has 1 aromatic rings. The second-order valence-corrected chi connectivity index (χ2v) is 5.62. The lowest BCUT2D eigenvalue weighted by Gasteiger charge is -2.30. The molecule has 3 nitrogen and oxygen atoms in total. The summed E-state index contributed by atoms with van der Waals surface area (Å²) in [4.78, 5) is 11.8. The maximum absolute atomic E-state index is 13.1. The van der Waals surface area contributed by atoms with Crippen molar-refractivity contribution in [1.29, 1.82) is 0 Å². The summed E-state index contributed by atoms with van der Waals surface area (Å²) in [5, 5.41) is 6.01. The van der Waals surface area contributed by atoms with Crippen LogP contribution in [-0.4, -0.2) is 26.0 Å². The van der Waals surface area contributed by atoms with E-state index in [0.717, 1.165) is 18.4 Å². The molecule has 0 spiro atoms. The Labute approximate surface area is 120 Å². The number of rotatable bonds is 6. The molecular weight excluding hydrogens is 255 g/mol. The van der Waals surface area contributed by atoms with Crippen LogP contribution in [0.5, 0.6) is 0 Å². The molecule has 1 aliphatic carbocycles. The molecular formula is C16H23FN2O. The number of halogens is 1. The van der Waals surface area contributed by atoms with E-state index in [-0.39, 0.29) is 17.1 Å². The van der Waals surface area contributed by atoms with Gasteiger partial charge in [-0.15, -0.1) is 0 Å². The van der Waals surface area contributed by atoms with Gasteiger partial charge in [0, 0.05) is 24.9 Å². The second kappa shape index (κ2) is 6.84. The number of carbonyl (C=O) groups excluding carboxylic acids is 1. The quantitative estimate of drug-likeness (QED) is 0.838. The molecule has 0 heterocycles. The molecule has 0 aliphatic heterocycles. The topological polar surface area (TPSA) is 41.1 Å². The number of hydrogen-bond donors (Lipinski definition) is 2. The molecule has 110 valence electrons. The van der Waals surface area contributed by atoms with Gasteiger partial charge in [0.05, 0.1) is 0 Å². The van der Waals surface area contributed by atoms with Crippen LogP contribution in [0.2, 0.25) is 0 Å². The summed E-state index contributed by atoms with van der Waals surface area (Å²) in [6.45, 7) is 1.34. The SMILES string of the molecule is CNCCC(=O)NCC1(c2ccc(F)cc2)CCCC1. The van der Waals surface area contributed by atoms with Gasteiger partial charge in [0.2, 0.25) is 5.91 Å². The van der Waals surface area contributed by atoms with Crippen molar-refractivity contribution in [2.75, 3.05) is 20.1 Å². The summed E-state index contributed by atoms with van der Waals surface area (Å²) in [5.41, 5.74) is 1.13. The van der Waals surface area contributed by atoms with Crippen LogP contribution in [0.25, 0.3) is 0 Å². The summed E-state index contributed by atoms with van der Waals surface area (Å²) in [6, 6.07) is 6.75. The first-order chi connectivity index (χ1) is 9.66. The molecule has 0 aromatic heterocycles. The molecule has 1 amide bonds. The summed E-state index contributed by atoms with van der Waals surface area (Å²) >= 11 is 0. The molecule has 2 N–H and O–H groups in total. The largest absolute Gasteiger partial charge is 0.355 e. The van der Waals surface area contributed by atoms with Crippen LogP contribution >= 0.6 is 0 Å². The smallest absolute Gasteiger partial charge is 0.221 e. The number of benzene rings is 1. The lowest BCUT2D eigenvalue weighted by atomic mass is 9.79. The highest BCUT2D eigenvalue weighted by molar-refractivity contribution is 5.76. The molecule has 0 atom stereocenters. The minimum Gasteiger partial charge on any atom is -0.355 e. The number of hydrogen-bond acceptors (Lipinski definition) is 2. The third-order valence-corrected chi connectivity index (χ3v) is 4.24. The highest BCUT2D eigenvalue weighted by atomic mass is 19.1. The second-order valence-electron chi connectivity index (χ2n) is 5.62. The van der Waals surface area contributed by atoms with Crippen molar-refractivity contribution in [3.63, 3.8) is 0 Å². The molecule has 0 unspecified atom stereocenters. The van der Waals surface area contributed by atoms with Crippen molar-refractivity contribution in [1.82, 2.24) is 10.6 Å². The van der Waals surface area contributed by atoms with Gasteiger partial charge >= 0.3 is 0 Å². The van der Waals surface area contributed by atoms with E-state index in [1.807, 2.05) is 19.2 Å². The first-order valence-corrected chi connectivity index (χ1v) is 7.34. The van der Waals surface area contributed by atoms with Gasteiger partial charge in [0.1, 0.15) is 5.82 Å². The van der Waals surface area contributed by atoms with E-state index < -0.39 is 0 Å². The Bertz CT molecular complexity index is 438. The van der Waals surface area contributed by atoms with Crippen LogP contribution in [0.15, 0.2) is 24.3 Å². The van der Waals surface area contributed by atoms with Gasteiger partial charge in [-0.25, -0.2) is 4.39 Å². The minimum absolute atomic E-state index is 0.0109. The molecule has 1 aromatic carbocycles. The Morgan fingerprint density at radius 1 is 1.25 bits per heavy atom. The van der Waals surface area contributed by atoms with Crippen molar-refractivity contribution in [2.24, 2.45) is 0 Å². The first kappa shape index (κ1) is 15.0. The fraction of sp³-hybridized carbons (Fsp3) is 0.562. The van der Waals surface area contributed by atoms with Crippen molar-refractivity contribution in [3.05, 3.63) is 35.6 Å². The average molecular weight is 278 g/mol. The maximum atomic E-state index is 13.1. The van der Waals surface area contributed by atoms with Gasteiger partial charge in [0.25, 0.3) is 0 Å². The van der Waals surface area contributed by atoms with E-state index in [9.17, 15) is 9.18 Å². The first-order valence-electron chi connectivity index (χ1n) is 7.34. The highest BCUT2D eigenvalue weighted by Crippen LogP contribution is 2.40. The van der Waals surface area contributed by atoms with Crippen LogP contribution in [0.1, 0.15) is 37.7 Å². The summed E-state index contributed by atoms with van der Waals surface area (Å²) in [5.74, 6) is -0.132. The van der Waals surface area contributed by atoms with Crippen LogP contribution in [0, 0.1) is 5.82 Å². The molecule has 20 heavy (non-hydrogen) atoms. The molecule has 0 saturated heterocycles. The zero-order chi connectivity index (χ0) is 14.4. The maximum Gasteiger partial charge on any atom is 0.221 e. The predicted molar refractivity (Wildman–Crippen MR) is 78.1 cm³/mol. The monoisotopic (exact) mass is 278 g/mol. The zero-order valence-electron chi connectivity index (χ0n) is 12.0. The van der Waals surface area contributed by atoms with E-state index in [1.54, 1.807) is 0 Å². The third-order valence-electron chi connectivity index (χ3n) is 4.24. The molecule has 4 heteroatoms. The van der Waals surface area contributed by atoms with Crippen molar-refractivity contribution < 1.29 is 9.18 Å². The normalized spacial score (nSPS) is 17.1. The van der Waals surface area contributed by atoms with Gasteiger partial charge in [-0.3, -0.25) is 4.79 Å². The number of nitrogens with one attached hydrogen (secondary N) is 2. The Morgan fingerprint density at radius 3 is 2.50 bits per heavy atom. The molecule has 1 fully saturated rings. The van der Waals surface area contributed by atoms with E-state index in [1.165, 1.54) is 25.0 Å². The van der Waals surface area contributed by atoms with Crippen LogP contribution in [0.3, 0.4) is 0 Å². The Morgan fingerprint density at radius 2 is 1.90 bits per heavy atom. The minimum atomic E-state index is -0.208. The summed E-state index contributed by atoms with van der Waals surface area (Å²) in [7, 11) is 1.84. The highest BCUT2D eigenvalue weighted by Gasteiger charge is 2.35. The Balaban J connectivity index is 2.02. The lowest BCUT2D eigenvalue weighted by Crippen LogP contribution is -2.39. The molecule has 1 saturated carbocycles. The third kappa shape index (κ3) is 3.57. The van der Waals surface area contributed by atoms with E-state index in [0.29, 0.717) is 19.5 Å². The summed E-state index contributed by atoms with van der Waals surface area (Å²) < 4.78 is 13.1. The van der Waals surface area contributed by atoms with Gasteiger partial charge < -0.3 is 10.6 Å². The van der Waals surface area contributed by atoms with Crippen LogP contribution in [-0.2, 0) is 10.2 Å². The average Bonchev–Trinajstić information content (AvgIpc) is 2.93. The van der Waals surface area contributed by atoms with E-state index in [2.05, 4.69) is 10.6 Å². The Hall–Kier alpha value is -1.42. The van der Waals surface area contributed by atoms with Crippen LogP contribution in [0.4, 0.5) is 4.39 Å². The molecule has 2 rings (SSSR count).